The molecular formula is C20H9Cl2F3N4O2. The van der Waals surface area contributed by atoms with E-state index in [2.05, 4.69) is 15.2 Å². The SMILES string of the molecule is O=c1[nH]c2nn(-c3cccc(Cl)c3)c(C(F)(F)F)c2c2onc(-c3ccccc3Cl)c12. The van der Waals surface area contributed by atoms with E-state index in [9.17, 15) is 18.0 Å². The normalized spacial score (nSPS) is 12.2. The number of fused-ring (bicyclic) bond motifs is 3. The number of aromatic nitrogens is 4. The number of hydrogen-bond acceptors (Lipinski definition) is 4. The average molecular weight is 465 g/mol. The van der Waals surface area contributed by atoms with Gasteiger partial charge in [0.1, 0.15) is 11.1 Å². The van der Waals surface area contributed by atoms with E-state index in [1.54, 1.807) is 24.3 Å². The molecule has 0 amide bonds. The molecule has 31 heavy (non-hydrogen) atoms. The molecule has 11 heteroatoms. The Balaban J connectivity index is 1.92. The molecule has 0 unspecified atom stereocenters. The number of H-pyrrole nitrogens is 1. The second-order valence-electron chi connectivity index (χ2n) is 6.63. The number of pyridine rings is 1. The monoisotopic (exact) mass is 464 g/mol. The van der Waals surface area contributed by atoms with E-state index >= 15 is 0 Å². The predicted octanol–water partition coefficient (Wildman–Crippen LogP) is 5.85. The lowest BCUT2D eigenvalue weighted by molar-refractivity contribution is -0.141. The molecule has 3 heterocycles. The minimum atomic E-state index is -4.83. The highest BCUT2D eigenvalue weighted by Crippen LogP contribution is 2.40. The van der Waals surface area contributed by atoms with Gasteiger partial charge < -0.3 is 9.51 Å². The molecule has 0 bridgehead atoms. The van der Waals surface area contributed by atoms with Gasteiger partial charge in [-0.2, -0.15) is 13.2 Å². The number of hydrogen-bond donors (Lipinski definition) is 1. The zero-order valence-corrected chi connectivity index (χ0v) is 16.7. The van der Waals surface area contributed by atoms with Crippen molar-refractivity contribution in [3.63, 3.8) is 0 Å². The molecule has 0 aliphatic carbocycles. The molecule has 0 atom stereocenters. The minimum Gasteiger partial charge on any atom is -0.355 e. The highest BCUT2D eigenvalue weighted by Gasteiger charge is 2.40. The summed E-state index contributed by atoms with van der Waals surface area (Å²) in [6.07, 6.45) is -4.83. The van der Waals surface area contributed by atoms with Crippen LogP contribution in [0.4, 0.5) is 13.2 Å². The fourth-order valence-electron chi connectivity index (χ4n) is 3.46. The Kier molecular flexibility index (Phi) is 4.35. The number of nitrogens with one attached hydrogen (secondary N) is 1. The number of nitrogens with zero attached hydrogens (tertiary/aromatic N) is 3. The van der Waals surface area contributed by atoms with Crippen LogP contribution in [0.2, 0.25) is 10.0 Å². The Hall–Kier alpha value is -3.30. The van der Waals surface area contributed by atoms with Gasteiger partial charge in [-0.05, 0) is 24.3 Å². The maximum absolute atomic E-state index is 14.2. The van der Waals surface area contributed by atoms with Gasteiger partial charge in [-0.1, -0.05) is 52.6 Å². The van der Waals surface area contributed by atoms with Gasteiger partial charge in [0.25, 0.3) is 5.56 Å². The summed E-state index contributed by atoms with van der Waals surface area (Å²) in [6.45, 7) is 0. The number of aromatic amines is 1. The summed E-state index contributed by atoms with van der Waals surface area (Å²) < 4.78 is 48.4. The summed E-state index contributed by atoms with van der Waals surface area (Å²) in [6, 6.07) is 12.2. The van der Waals surface area contributed by atoms with Crippen molar-refractivity contribution < 1.29 is 17.7 Å². The topological polar surface area (TPSA) is 76.7 Å². The molecule has 0 aliphatic heterocycles. The first-order valence-electron chi connectivity index (χ1n) is 8.78. The van der Waals surface area contributed by atoms with E-state index < -0.39 is 22.8 Å². The smallest absolute Gasteiger partial charge is 0.355 e. The highest BCUT2D eigenvalue weighted by molar-refractivity contribution is 6.33. The lowest BCUT2D eigenvalue weighted by Crippen LogP contribution is -2.13. The van der Waals surface area contributed by atoms with Crippen LogP contribution in [0.15, 0.2) is 57.8 Å². The average Bonchev–Trinajstić information content (AvgIpc) is 3.30. The van der Waals surface area contributed by atoms with Crippen molar-refractivity contribution in [3.05, 3.63) is 74.6 Å². The number of halogens is 5. The summed E-state index contributed by atoms with van der Waals surface area (Å²) in [4.78, 5) is 15.2. The van der Waals surface area contributed by atoms with E-state index in [4.69, 9.17) is 27.7 Å². The molecule has 2 aromatic carbocycles. The van der Waals surface area contributed by atoms with Gasteiger partial charge in [-0.25, -0.2) is 4.68 Å². The molecular weight excluding hydrogens is 456 g/mol. The lowest BCUT2D eigenvalue weighted by atomic mass is 10.1. The van der Waals surface area contributed by atoms with Crippen LogP contribution >= 0.6 is 23.2 Å². The van der Waals surface area contributed by atoms with Crippen LogP contribution in [-0.4, -0.2) is 19.9 Å². The van der Waals surface area contributed by atoms with Crippen molar-refractivity contribution >= 4 is 45.2 Å². The molecule has 0 spiro atoms. The van der Waals surface area contributed by atoms with Gasteiger partial charge in [0, 0.05) is 10.6 Å². The van der Waals surface area contributed by atoms with Crippen LogP contribution in [0.5, 0.6) is 0 Å². The Labute approximate surface area is 180 Å². The summed E-state index contributed by atoms with van der Waals surface area (Å²) in [5, 5.41) is 7.74. The van der Waals surface area contributed by atoms with Crippen molar-refractivity contribution in [2.24, 2.45) is 0 Å². The molecule has 5 rings (SSSR count). The van der Waals surface area contributed by atoms with Gasteiger partial charge in [0.2, 0.25) is 0 Å². The van der Waals surface area contributed by atoms with Crippen LogP contribution in [-0.2, 0) is 6.18 Å². The Morgan fingerprint density at radius 1 is 1.03 bits per heavy atom. The highest BCUT2D eigenvalue weighted by atomic mass is 35.5. The molecule has 6 nitrogen and oxygen atoms in total. The van der Waals surface area contributed by atoms with Crippen LogP contribution < -0.4 is 5.56 Å². The Bertz CT molecular complexity index is 1540. The van der Waals surface area contributed by atoms with Crippen molar-refractivity contribution in [3.8, 4) is 16.9 Å². The van der Waals surface area contributed by atoms with Gasteiger partial charge in [-0.3, -0.25) is 4.79 Å². The van der Waals surface area contributed by atoms with Gasteiger partial charge in [0.15, 0.2) is 16.9 Å². The lowest BCUT2D eigenvalue weighted by Gasteiger charge is -2.10. The third-order valence-electron chi connectivity index (χ3n) is 4.71. The largest absolute Gasteiger partial charge is 0.434 e. The molecule has 0 aliphatic rings. The third kappa shape index (κ3) is 3.08. The number of rotatable bonds is 2. The summed E-state index contributed by atoms with van der Waals surface area (Å²) >= 11 is 12.1. The van der Waals surface area contributed by atoms with Crippen LogP contribution in [0.25, 0.3) is 38.9 Å². The van der Waals surface area contributed by atoms with E-state index in [0.717, 1.165) is 0 Å². The fourth-order valence-corrected chi connectivity index (χ4v) is 3.87. The van der Waals surface area contributed by atoms with Crippen LogP contribution in [0.3, 0.4) is 0 Å². The standard InChI is InChI=1S/C20H9Cl2F3N4O2/c21-9-4-3-5-10(8-9)29-17(20(23,24)25)14-16-13(19(30)26-18(14)27-29)15(28-31-16)11-6-1-2-7-12(11)22/h1-8H,(H,26,27,30). The molecule has 0 saturated heterocycles. The van der Waals surface area contributed by atoms with Crippen molar-refractivity contribution in [1.82, 2.24) is 19.9 Å². The van der Waals surface area contributed by atoms with Gasteiger partial charge >= 0.3 is 6.18 Å². The summed E-state index contributed by atoms with van der Waals surface area (Å²) in [7, 11) is 0. The zero-order chi connectivity index (χ0) is 21.9. The van der Waals surface area contributed by atoms with Gasteiger partial charge in [0.05, 0.1) is 16.1 Å². The first-order chi connectivity index (χ1) is 14.8. The molecule has 0 fully saturated rings. The fraction of sp³-hybridized carbons (Fsp3) is 0.0500. The first kappa shape index (κ1) is 19.7. The first-order valence-corrected chi connectivity index (χ1v) is 9.53. The predicted molar refractivity (Wildman–Crippen MR) is 110 cm³/mol. The quantitative estimate of drug-likeness (QED) is 0.355. The van der Waals surface area contributed by atoms with Crippen LogP contribution in [0, 0.1) is 0 Å². The summed E-state index contributed by atoms with van der Waals surface area (Å²) in [5.41, 5.74) is -2.02. The molecule has 5 aromatic rings. The van der Waals surface area contributed by atoms with Crippen molar-refractivity contribution in [2.45, 2.75) is 6.18 Å². The second kappa shape index (κ2) is 6.86. The zero-order valence-electron chi connectivity index (χ0n) is 15.2. The Morgan fingerprint density at radius 2 is 1.81 bits per heavy atom. The van der Waals surface area contributed by atoms with Crippen LogP contribution in [0.1, 0.15) is 5.69 Å². The third-order valence-corrected chi connectivity index (χ3v) is 5.28. The second-order valence-corrected chi connectivity index (χ2v) is 7.47. The summed E-state index contributed by atoms with van der Waals surface area (Å²) in [5.74, 6) is 0. The van der Waals surface area contributed by atoms with E-state index in [1.807, 2.05) is 0 Å². The number of benzene rings is 2. The molecule has 0 radical (unpaired) electrons. The number of alkyl halides is 3. The van der Waals surface area contributed by atoms with E-state index in [-0.39, 0.29) is 38.0 Å². The minimum absolute atomic E-state index is 0.0346. The van der Waals surface area contributed by atoms with Crippen molar-refractivity contribution in [1.29, 1.82) is 0 Å². The maximum atomic E-state index is 14.2. The molecule has 1 N–H and O–H groups in total. The van der Waals surface area contributed by atoms with E-state index in [0.29, 0.717) is 10.2 Å². The molecule has 0 saturated carbocycles. The molecule has 3 aromatic heterocycles. The van der Waals surface area contributed by atoms with Crippen molar-refractivity contribution in [2.75, 3.05) is 0 Å². The Morgan fingerprint density at radius 3 is 2.52 bits per heavy atom. The van der Waals surface area contributed by atoms with Gasteiger partial charge in [-0.15, -0.1) is 5.10 Å². The molecule has 156 valence electrons. The van der Waals surface area contributed by atoms with E-state index in [1.165, 1.54) is 24.3 Å². The maximum Gasteiger partial charge on any atom is 0.434 e.